The first-order chi connectivity index (χ1) is 9.36. The predicted octanol–water partition coefficient (Wildman–Crippen LogP) is 1.87. The third kappa shape index (κ3) is 2.66. The van der Waals surface area contributed by atoms with Gasteiger partial charge >= 0.3 is 7.48 Å². The zero-order valence-corrected chi connectivity index (χ0v) is 10.6. The fraction of sp³-hybridized carbons (Fsp3) is 0.0909. The minimum absolute atomic E-state index is 0.217. The van der Waals surface area contributed by atoms with Crippen LogP contribution >= 0.6 is 11.3 Å². The highest BCUT2D eigenvalue weighted by Gasteiger charge is 2.22. The van der Waals surface area contributed by atoms with Crippen LogP contribution in [0.4, 0.5) is 5.69 Å². The summed E-state index contributed by atoms with van der Waals surface area (Å²) in [6.45, 7) is 0. The molecule has 1 radical (unpaired) electrons. The molecule has 1 aromatic heterocycles. The summed E-state index contributed by atoms with van der Waals surface area (Å²) in [7, 11) is 1.27. The first-order valence-corrected chi connectivity index (χ1v) is 6.44. The molecule has 2 N–H and O–H groups in total. The lowest BCUT2D eigenvalue weighted by molar-refractivity contribution is -0.135. The van der Waals surface area contributed by atoms with Gasteiger partial charge in [0.1, 0.15) is 0 Å². The molecule has 1 atom stereocenters. The summed E-state index contributed by atoms with van der Waals surface area (Å²) in [5, 5.41) is 18.3. The molecule has 1 unspecified atom stereocenters. The smallest absolute Gasteiger partial charge is 0.306 e. The van der Waals surface area contributed by atoms with Gasteiger partial charge in [-0.2, -0.15) is 10.5 Å². The number of nitrogens with one attached hydrogen (secondary N) is 1. The van der Waals surface area contributed by atoms with E-state index in [0.29, 0.717) is 0 Å². The van der Waals surface area contributed by atoms with E-state index in [2.05, 4.69) is 20.6 Å². The lowest BCUT2D eigenvalue weighted by Gasteiger charge is -2.14. The van der Waals surface area contributed by atoms with Gasteiger partial charge in [-0.05, 0) is 18.2 Å². The van der Waals surface area contributed by atoms with Crippen LogP contribution in [0.2, 0.25) is 0 Å². The molecule has 0 bridgehead atoms. The van der Waals surface area contributed by atoms with Crippen molar-refractivity contribution in [2.24, 2.45) is 10.3 Å². The average molecular weight is 273 g/mol. The van der Waals surface area contributed by atoms with Gasteiger partial charge in [-0.15, -0.1) is 16.5 Å². The van der Waals surface area contributed by atoms with Crippen LogP contribution < -0.4 is 15.3 Å². The normalized spacial score (nSPS) is 17.9. The van der Waals surface area contributed by atoms with Crippen LogP contribution in [0.3, 0.4) is 0 Å². The molecule has 0 spiro atoms. The van der Waals surface area contributed by atoms with Crippen molar-refractivity contribution in [2.45, 2.75) is 6.17 Å². The van der Waals surface area contributed by atoms with E-state index in [4.69, 9.17) is 5.26 Å². The van der Waals surface area contributed by atoms with E-state index in [0.717, 1.165) is 15.3 Å². The maximum absolute atomic E-state index is 8.37. The largest absolute Gasteiger partial charge is 0.392 e. The van der Waals surface area contributed by atoms with Gasteiger partial charge in [0.25, 0.3) is 0 Å². The second-order valence-electron chi connectivity index (χ2n) is 3.85. The lowest BCUT2D eigenvalue weighted by Crippen LogP contribution is -2.30. The molecule has 2 heterocycles. The van der Waals surface area contributed by atoms with Crippen LogP contribution in [0.5, 0.6) is 0 Å². The highest BCUT2D eigenvalue weighted by Crippen LogP contribution is 2.26. The Morgan fingerprint density at radius 3 is 2.89 bits per heavy atom. The second kappa shape index (κ2) is 5.49. The quantitative estimate of drug-likeness (QED) is 0.507. The molecular weight excluding hydrogens is 263 g/mol. The van der Waals surface area contributed by atoms with Crippen molar-refractivity contribution >= 4 is 29.3 Å². The molecule has 0 aliphatic carbocycles. The molecule has 19 heavy (non-hydrogen) atoms. The highest BCUT2D eigenvalue weighted by atomic mass is 32.1. The molecule has 8 heteroatoms. The summed E-state index contributed by atoms with van der Waals surface area (Å²) in [4.78, 5) is 4.99. The molecule has 3 rings (SSSR count). The Morgan fingerprint density at radius 1 is 1.26 bits per heavy atom. The number of hydrazine groups is 1. The predicted molar refractivity (Wildman–Crippen MR) is 73.1 cm³/mol. The second-order valence-corrected chi connectivity index (χ2v) is 4.99. The minimum Gasteiger partial charge on any atom is -0.306 e. The minimum atomic E-state index is -0.217. The first-order valence-electron chi connectivity index (χ1n) is 5.62. The number of benzene rings is 1. The van der Waals surface area contributed by atoms with Gasteiger partial charge in [0.15, 0.2) is 6.17 Å². The Bertz CT molecular complexity index is 577. The SMILES string of the molecule is OO[B]c1ccc(C2N=NN(c3ccccc3)N2)s1. The van der Waals surface area contributed by atoms with Gasteiger partial charge in [0.05, 0.1) is 5.69 Å². The summed E-state index contributed by atoms with van der Waals surface area (Å²) >= 11 is 1.47. The van der Waals surface area contributed by atoms with E-state index in [1.807, 2.05) is 42.5 Å². The zero-order valence-electron chi connectivity index (χ0n) is 9.80. The van der Waals surface area contributed by atoms with Crippen LogP contribution in [-0.4, -0.2) is 12.7 Å². The highest BCUT2D eigenvalue weighted by molar-refractivity contribution is 7.21. The number of thiophene rings is 1. The van der Waals surface area contributed by atoms with Crippen LogP contribution in [-0.2, 0) is 4.81 Å². The molecule has 0 fully saturated rings. The third-order valence-electron chi connectivity index (χ3n) is 2.59. The lowest BCUT2D eigenvalue weighted by atomic mass is 10.0. The molecule has 1 aliphatic heterocycles. The van der Waals surface area contributed by atoms with Gasteiger partial charge in [-0.25, -0.2) is 0 Å². The fourth-order valence-electron chi connectivity index (χ4n) is 1.72. The van der Waals surface area contributed by atoms with Crippen molar-refractivity contribution < 1.29 is 10.1 Å². The monoisotopic (exact) mass is 273 g/mol. The van der Waals surface area contributed by atoms with Gasteiger partial charge in [-0.1, -0.05) is 29.5 Å². The number of hydrogen-bond donors (Lipinski definition) is 2. The molecule has 1 aromatic carbocycles. The summed E-state index contributed by atoms with van der Waals surface area (Å²) in [5.74, 6) is 0. The third-order valence-corrected chi connectivity index (χ3v) is 3.65. The maximum Gasteiger partial charge on any atom is 0.392 e. The van der Waals surface area contributed by atoms with E-state index >= 15 is 0 Å². The van der Waals surface area contributed by atoms with Crippen LogP contribution in [0.25, 0.3) is 0 Å². The summed E-state index contributed by atoms with van der Waals surface area (Å²) in [6, 6.07) is 13.5. The number of hydrogen-bond acceptors (Lipinski definition) is 7. The molecule has 6 nitrogen and oxygen atoms in total. The molecule has 95 valence electrons. The molecule has 2 aromatic rings. The van der Waals surface area contributed by atoms with Crippen molar-refractivity contribution in [1.82, 2.24) is 5.43 Å². The Labute approximate surface area is 114 Å². The average Bonchev–Trinajstić information content (AvgIpc) is 3.08. The number of rotatable bonds is 4. The number of para-hydroxylation sites is 1. The van der Waals surface area contributed by atoms with E-state index < -0.39 is 0 Å². The number of anilines is 1. The maximum atomic E-state index is 8.37. The molecule has 0 saturated heterocycles. The van der Waals surface area contributed by atoms with Crippen molar-refractivity contribution in [1.29, 1.82) is 0 Å². The standard InChI is InChI=1S/C11H10BN4O2S/c17-18-12-10-7-6-9(19-10)11-13-15-16(14-11)8-4-2-1-3-5-8/h1-7,11,14,17H. The fourth-order valence-corrected chi connectivity index (χ4v) is 2.56. The zero-order chi connectivity index (χ0) is 13.1. The van der Waals surface area contributed by atoms with E-state index in [1.165, 1.54) is 18.8 Å². The number of nitrogens with zero attached hydrogens (tertiary/aromatic N) is 3. The van der Waals surface area contributed by atoms with Crippen molar-refractivity contribution in [3.8, 4) is 0 Å². The Hall–Kier alpha value is -1.74. The van der Waals surface area contributed by atoms with Crippen LogP contribution in [0, 0.1) is 0 Å². The van der Waals surface area contributed by atoms with E-state index in [1.54, 1.807) is 5.12 Å². The van der Waals surface area contributed by atoms with Crippen molar-refractivity contribution in [3.05, 3.63) is 47.3 Å². The van der Waals surface area contributed by atoms with Crippen molar-refractivity contribution in [3.63, 3.8) is 0 Å². The van der Waals surface area contributed by atoms with Gasteiger partial charge in [0, 0.05) is 9.65 Å². The van der Waals surface area contributed by atoms with Gasteiger partial charge < -0.3 is 4.81 Å². The topological polar surface area (TPSA) is 69.5 Å². The van der Waals surface area contributed by atoms with E-state index in [-0.39, 0.29) is 6.17 Å². The summed E-state index contributed by atoms with van der Waals surface area (Å²) in [6.07, 6.45) is -0.217. The molecular formula is C11H10BN4O2S. The first kappa shape index (κ1) is 12.3. The van der Waals surface area contributed by atoms with Crippen molar-refractivity contribution in [2.75, 3.05) is 5.12 Å². The molecule has 0 amide bonds. The summed E-state index contributed by atoms with van der Waals surface area (Å²) in [5.41, 5.74) is 4.10. The molecule has 1 aliphatic rings. The Balaban J connectivity index is 1.70. The van der Waals surface area contributed by atoms with E-state index in [9.17, 15) is 0 Å². The molecule has 0 saturated carbocycles. The van der Waals surface area contributed by atoms with Gasteiger partial charge in [-0.3, -0.25) is 5.26 Å². The Kier molecular flexibility index (Phi) is 3.56. The van der Waals surface area contributed by atoms with Crippen LogP contribution in [0.1, 0.15) is 11.0 Å². The van der Waals surface area contributed by atoms with Gasteiger partial charge in [0.2, 0.25) is 0 Å². The Morgan fingerprint density at radius 2 is 2.11 bits per heavy atom. The van der Waals surface area contributed by atoms with Crippen LogP contribution in [0.15, 0.2) is 52.8 Å². The summed E-state index contributed by atoms with van der Waals surface area (Å²) < 4.78 is 0.813.